The van der Waals surface area contributed by atoms with Crippen LogP contribution >= 0.6 is 0 Å². The number of nitrogens with one attached hydrogen (secondary N) is 2. The van der Waals surface area contributed by atoms with Gasteiger partial charge in [0.1, 0.15) is 11.6 Å². The molecule has 120 valence electrons. The Balaban J connectivity index is 2.72. The molecule has 0 spiro atoms. The minimum atomic E-state index is -0.280. The maximum atomic E-state index is 13.4. The van der Waals surface area contributed by atoms with Gasteiger partial charge in [0.25, 0.3) is 0 Å². The van der Waals surface area contributed by atoms with Crippen molar-refractivity contribution in [3.05, 3.63) is 23.6 Å². The Morgan fingerprint density at radius 3 is 2.43 bits per heavy atom. The Bertz CT molecular complexity index is 410. The second kappa shape index (κ2) is 8.98. The molecule has 1 heterocycles. The molecule has 0 saturated carbocycles. The lowest BCUT2D eigenvalue weighted by Crippen LogP contribution is -2.25. The summed E-state index contributed by atoms with van der Waals surface area (Å²) in [5.41, 5.74) is 0.898. The molecule has 21 heavy (non-hydrogen) atoms. The fraction of sp³-hybridized carbons (Fsp3) is 0.706. The highest BCUT2D eigenvalue weighted by molar-refractivity contribution is 5.44. The predicted molar refractivity (Wildman–Crippen MR) is 87.8 cm³/mol. The highest BCUT2D eigenvalue weighted by atomic mass is 19.1. The lowest BCUT2D eigenvalue weighted by atomic mass is 9.85. The maximum absolute atomic E-state index is 13.4. The van der Waals surface area contributed by atoms with Crippen molar-refractivity contribution in [3.63, 3.8) is 0 Å². The van der Waals surface area contributed by atoms with E-state index in [1.807, 2.05) is 0 Å². The Morgan fingerprint density at radius 2 is 1.86 bits per heavy atom. The minimum absolute atomic E-state index is 0.280. The SMILES string of the molecule is CCCNCc1cc(F)cnc1NCC(C(C)C)C(C)C. The molecule has 2 N–H and O–H groups in total. The molecule has 0 radical (unpaired) electrons. The Labute approximate surface area is 128 Å². The van der Waals surface area contributed by atoms with Gasteiger partial charge in [-0.15, -0.1) is 0 Å². The molecular weight excluding hydrogens is 265 g/mol. The van der Waals surface area contributed by atoms with Gasteiger partial charge in [-0.3, -0.25) is 0 Å². The lowest BCUT2D eigenvalue weighted by molar-refractivity contribution is 0.304. The molecule has 0 fully saturated rings. The standard InChI is InChI=1S/C17H30FN3/c1-6-7-19-9-14-8-15(18)10-20-17(14)21-11-16(12(2)3)13(4)5/h8,10,12-13,16,19H,6-7,9,11H2,1-5H3,(H,20,21). The number of rotatable bonds is 9. The first-order valence-corrected chi connectivity index (χ1v) is 8.04. The third kappa shape index (κ3) is 6.00. The van der Waals surface area contributed by atoms with E-state index in [1.165, 1.54) is 6.20 Å². The third-order valence-corrected chi connectivity index (χ3v) is 3.89. The number of nitrogens with zero attached hydrogens (tertiary/aromatic N) is 1. The molecule has 0 amide bonds. The van der Waals surface area contributed by atoms with Gasteiger partial charge in [0.15, 0.2) is 0 Å². The van der Waals surface area contributed by atoms with Crippen LogP contribution < -0.4 is 10.6 Å². The molecule has 0 aromatic carbocycles. The smallest absolute Gasteiger partial charge is 0.141 e. The molecule has 0 bridgehead atoms. The first-order chi connectivity index (χ1) is 9.95. The van der Waals surface area contributed by atoms with Crippen molar-refractivity contribution in [1.82, 2.24) is 10.3 Å². The van der Waals surface area contributed by atoms with E-state index >= 15 is 0 Å². The van der Waals surface area contributed by atoms with Gasteiger partial charge in [-0.25, -0.2) is 9.37 Å². The van der Waals surface area contributed by atoms with Gasteiger partial charge >= 0.3 is 0 Å². The third-order valence-electron chi connectivity index (χ3n) is 3.89. The summed E-state index contributed by atoms with van der Waals surface area (Å²) in [6.07, 6.45) is 2.35. The maximum Gasteiger partial charge on any atom is 0.141 e. The van der Waals surface area contributed by atoms with E-state index in [2.05, 4.69) is 50.2 Å². The van der Waals surface area contributed by atoms with Crippen molar-refractivity contribution in [2.75, 3.05) is 18.4 Å². The summed E-state index contributed by atoms with van der Waals surface area (Å²) < 4.78 is 13.4. The molecule has 0 aliphatic heterocycles. The van der Waals surface area contributed by atoms with E-state index in [-0.39, 0.29) is 5.82 Å². The fourth-order valence-corrected chi connectivity index (χ4v) is 2.63. The van der Waals surface area contributed by atoms with Crippen LogP contribution in [0.4, 0.5) is 10.2 Å². The molecule has 4 heteroatoms. The zero-order valence-electron chi connectivity index (χ0n) is 14.0. The molecule has 1 rings (SSSR count). The summed E-state index contributed by atoms with van der Waals surface area (Å²) in [5, 5.41) is 6.72. The summed E-state index contributed by atoms with van der Waals surface area (Å²) in [4.78, 5) is 4.22. The quantitative estimate of drug-likeness (QED) is 0.675. The van der Waals surface area contributed by atoms with Crippen molar-refractivity contribution < 1.29 is 4.39 Å². The zero-order chi connectivity index (χ0) is 15.8. The van der Waals surface area contributed by atoms with E-state index < -0.39 is 0 Å². The van der Waals surface area contributed by atoms with Crippen molar-refractivity contribution in [3.8, 4) is 0 Å². The van der Waals surface area contributed by atoms with Gasteiger partial charge in [0.2, 0.25) is 0 Å². The van der Waals surface area contributed by atoms with E-state index in [1.54, 1.807) is 6.07 Å². The minimum Gasteiger partial charge on any atom is -0.370 e. The number of pyridine rings is 1. The van der Waals surface area contributed by atoms with Crippen LogP contribution in [0.3, 0.4) is 0 Å². The summed E-state index contributed by atoms with van der Waals surface area (Å²) in [7, 11) is 0. The molecule has 3 nitrogen and oxygen atoms in total. The molecule has 0 saturated heterocycles. The van der Waals surface area contributed by atoms with Crippen molar-refractivity contribution >= 4 is 5.82 Å². The highest BCUT2D eigenvalue weighted by Crippen LogP contribution is 2.22. The average Bonchev–Trinajstić information content (AvgIpc) is 2.40. The van der Waals surface area contributed by atoms with Crippen LogP contribution in [0, 0.1) is 23.6 Å². The summed E-state index contributed by atoms with van der Waals surface area (Å²) in [5.74, 6) is 2.32. The topological polar surface area (TPSA) is 37.0 Å². The number of hydrogen-bond donors (Lipinski definition) is 2. The van der Waals surface area contributed by atoms with Crippen LogP contribution in [0.15, 0.2) is 12.3 Å². The molecule has 0 aliphatic carbocycles. The molecule has 0 unspecified atom stereocenters. The predicted octanol–water partition coefficient (Wildman–Crippen LogP) is 4.06. The van der Waals surface area contributed by atoms with Gasteiger partial charge in [0, 0.05) is 18.7 Å². The van der Waals surface area contributed by atoms with Gasteiger partial charge in [-0.05, 0) is 36.8 Å². The number of aromatic nitrogens is 1. The molecule has 1 aromatic heterocycles. The molecular formula is C17H30FN3. The molecule has 0 atom stereocenters. The normalized spacial score (nSPS) is 11.7. The zero-order valence-corrected chi connectivity index (χ0v) is 14.0. The monoisotopic (exact) mass is 295 g/mol. The summed E-state index contributed by atoms with van der Waals surface area (Å²) in [6.45, 7) is 13.5. The largest absolute Gasteiger partial charge is 0.370 e. The van der Waals surface area contributed by atoms with Gasteiger partial charge in [0.05, 0.1) is 6.20 Å². The van der Waals surface area contributed by atoms with E-state index in [4.69, 9.17) is 0 Å². The second-order valence-corrected chi connectivity index (χ2v) is 6.37. The first kappa shape index (κ1) is 17.9. The fourth-order valence-electron chi connectivity index (χ4n) is 2.63. The van der Waals surface area contributed by atoms with Crippen LogP contribution in [-0.2, 0) is 6.54 Å². The van der Waals surface area contributed by atoms with Crippen LogP contribution in [0.2, 0.25) is 0 Å². The lowest BCUT2D eigenvalue weighted by Gasteiger charge is -2.25. The van der Waals surface area contributed by atoms with Crippen LogP contribution in [-0.4, -0.2) is 18.1 Å². The average molecular weight is 295 g/mol. The van der Waals surface area contributed by atoms with Gasteiger partial charge < -0.3 is 10.6 Å². The number of anilines is 1. The van der Waals surface area contributed by atoms with Gasteiger partial charge in [-0.2, -0.15) is 0 Å². The first-order valence-electron chi connectivity index (χ1n) is 8.04. The summed E-state index contributed by atoms with van der Waals surface area (Å²) in [6, 6.07) is 1.57. The van der Waals surface area contributed by atoms with Crippen molar-refractivity contribution in [2.24, 2.45) is 17.8 Å². The summed E-state index contributed by atoms with van der Waals surface area (Å²) >= 11 is 0. The number of hydrogen-bond acceptors (Lipinski definition) is 3. The van der Waals surface area contributed by atoms with E-state index in [0.717, 1.165) is 30.9 Å². The molecule has 1 aromatic rings. The molecule has 0 aliphatic rings. The highest BCUT2D eigenvalue weighted by Gasteiger charge is 2.18. The van der Waals surface area contributed by atoms with Crippen molar-refractivity contribution in [1.29, 1.82) is 0 Å². The van der Waals surface area contributed by atoms with Gasteiger partial charge in [-0.1, -0.05) is 34.6 Å². The van der Waals surface area contributed by atoms with Crippen molar-refractivity contribution in [2.45, 2.75) is 47.6 Å². The Hall–Kier alpha value is -1.16. The Morgan fingerprint density at radius 1 is 1.19 bits per heavy atom. The second-order valence-electron chi connectivity index (χ2n) is 6.37. The van der Waals surface area contributed by atoms with Crippen LogP contribution in [0.25, 0.3) is 0 Å². The van der Waals surface area contributed by atoms with E-state index in [9.17, 15) is 4.39 Å². The Kier molecular flexibility index (Phi) is 7.65. The van der Waals surface area contributed by atoms with E-state index in [0.29, 0.717) is 24.3 Å². The van der Waals surface area contributed by atoms with Crippen LogP contribution in [0.1, 0.15) is 46.6 Å². The van der Waals surface area contributed by atoms with Crippen LogP contribution in [0.5, 0.6) is 0 Å². The number of halogens is 1.